The molecule has 2 rings (SSSR count). The molecule has 0 saturated heterocycles. The van der Waals surface area contributed by atoms with Crippen LogP contribution in [0.15, 0.2) is 40.9 Å². The van der Waals surface area contributed by atoms with Crippen molar-refractivity contribution in [2.75, 3.05) is 6.54 Å². The predicted octanol–water partition coefficient (Wildman–Crippen LogP) is 5.08. The van der Waals surface area contributed by atoms with E-state index in [1.807, 2.05) is 25.1 Å². The molecule has 0 aliphatic rings. The first kappa shape index (κ1) is 15.4. The van der Waals surface area contributed by atoms with Gasteiger partial charge >= 0.3 is 0 Å². The first-order valence-corrected chi connectivity index (χ1v) is 7.33. The first-order valence-electron chi connectivity index (χ1n) is 6.16. The third-order valence-electron chi connectivity index (χ3n) is 2.92. The molecule has 106 valence electrons. The molecule has 1 unspecified atom stereocenters. The van der Waals surface area contributed by atoms with Crippen molar-refractivity contribution < 1.29 is 8.78 Å². The van der Waals surface area contributed by atoms with E-state index in [1.165, 1.54) is 12.1 Å². The van der Waals surface area contributed by atoms with Crippen LogP contribution in [0.4, 0.5) is 8.78 Å². The quantitative estimate of drug-likeness (QED) is 0.802. The zero-order valence-corrected chi connectivity index (χ0v) is 13.1. The molecule has 0 bridgehead atoms. The van der Waals surface area contributed by atoms with E-state index in [0.717, 1.165) is 16.1 Å². The fourth-order valence-corrected chi connectivity index (χ4v) is 2.71. The van der Waals surface area contributed by atoms with Crippen molar-refractivity contribution in [1.82, 2.24) is 5.32 Å². The second kappa shape index (κ2) is 6.66. The van der Waals surface area contributed by atoms with Gasteiger partial charge in [0, 0.05) is 10.5 Å². The maximum Gasteiger partial charge on any atom is 0.126 e. The molecule has 0 amide bonds. The Labute approximate surface area is 130 Å². The van der Waals surface area contributed by atoms with Crippen LogP contribution in [0.5, 0.6) is 0 Å². The minimum Gasteiger partial charge on any atom is -0.306 e. The number of hydrogen-bond donors (Lipinski definition) is 1. The van der Waals surface area contributed by atoms with Gasteiger partial charge in [0.15, 0.2) is 0 Å². The fourth-order valence-electron chi connectivity index (χ4n) is 2.10. The Balaban J connectivity index is 2.53. The van der Waals surface area contributed by atoms with Crippen molar-refractivity contribution in [2.24, 2.45) is 0 Å². The van der Waals surface area contributed by atoms with E-state index in [-0.39, 0.29) is 6.04 Å². The van der Waals surface area contributed by atoms with Gasteiger partial charge in [0.2, 0.25) is 0 Å². The van der Waals surface area contributed by atoms with E-state index in [9.17, 15) is 8.78 Å². The van der Waals surface area contributed by atoms with Gasteiger partial charge in [0.05, 0.1) is 11.1 Å². The molecule has 0 spiro atoms. The molecule has 2 aromatic rings. The highest BCUT2D eigenvalue weighted by Crippen LogP contribution is 2.33. The number of halogens is 4. The number of rotatable bonds is 4. The van der Waals surface area contributed by atoms with Crippen LogP contribution in [0.3, 0.4) is 0 Å². The molecule has 5 heteroatoms. The van der Waals surface area contributed by atoms with E-state index in [4.69, 9.17) is 11.6 Å². The molecule has 2 aromatic carbocycles. The predicted molar refractivity (Wildman–Crippen MR) is 81.0 cm³/mol. The van der Waals surface area contributed by atoms with Crippen LogP contribution >= 0.6 is 27.5 Å². The summed E-state index contributed by atoms with van der Waals surface area (Å²) >= 11 is 9.64. The van der Waals surface area contributed by atoms with Gasteiger partial charge in [-0.15, -0.1) is 0 Å². The van der Waals surface area contributed by atoms with Crippen molar-refractivity contribution in [1.29, 1.82) is 0 Å². The highest BCUT2D eigenvalue weighted by atomic mass is 79.9. The topological polar surface area (TPSA) is 12.0 Å². The lowest BCUT2D eigenvalue weighted by Gasteiger charge is -2.21. The standard InChI is InChI=1S/C15H13BrClF2N/c1-2-20-15(9-6-10(18)8-11(19)7-9)12-4-3-5-13(16)14(12)17/h3-8,15,20H,2H2,1H3. The van der Waals surface area contributed by atoms with Crippen LogP contribution < -0.4 is 5.32 Å². The molecule has 0 aliphatic heterocycles. The van der Waals surface area contributed by atoms with Gasteiger partial charge < -0.3 is 5.32 Å². The first-order chi connectivity index (χ1) is 9.52. The van der Waals surface area contributed by atoms with Crippen LogP contribution in [0.1, 0.15) is 24.1 Å². The number of nitrogens with one attached hydrogen (secondary N) is 1. The molecular formula is C15H13BrClF2N. The smallest absolute Gasteiger partial charge is 0.126 e. The Hall–Kier alpha value is -0.970. The van der Waals surface area contributed by atoms with Gasteiger partial charge in [0.25, 0.3) is 0 Å². The number of hydrogen-bond acceptors (Lipinski definition) is 1. The van der Waals surface area contributed by atoms with Gasteiger partial charge in [-0.2, -0.15) is 0 Å². The molecule has 0 aromatic heterocycles. The van der Waals surface area contributed by atoms with E-state index in [2.05, 4.69) is 21.2 Å². The van der Waals surface area contributed by atoms with E-state index < -0.39 is 11.6 Å². The van der Waals surface area contributed by atoms with Gasteiger partial charge in [-0.05, 0) is 51.8 Å². The summed E-state index contributed by atoms with van der Waals surface area (Å²) in [6.45, 7) is 2.57. The SMILES string of the molecule is CCNC(c1cc(F)cc(F)c1)c1cccc(Br)c1Cl. The third kappa shape index (κ3) is 3.37. The third-order valence-corrected chi connectivity index (χ3v) is 4.23. The highest BCUT2D eigenvalue weighted by Gasteiger charge is 2.18. The molecule has 0 fully saturated rings. The summed E-state index contributed by atoms with van der Waals surface area (Å²) in [6.07, 6.45) is 0. The maximum atomic E-state index is 13.4. The monoisotopic (exact) mass is 359 g/mol. The average Bonchev–Trinajstić information content (AvgIpc) is 2.38. The summed E-state index contributed by atoms with van der Waals surface area (Å²) in [6, 6.07) is 8.61. The maximum absolute atomic E-state index is 13.4. The minimum atomic E-state index is -0.603. The summed E-state index contributed by atoms with van der Waals surface area (Å²) in [5.74, 6) is -1.21. The van der Waals surface area contributed by atoms with Gasteiger partial charge in [-0.3, -0.25) is 0 Å². The van der Waals surface area contributed by atoms with Crippen molar-refractivity contribution in [3.8, 4) is 0 Å². The van der Waals surface area contributed by atoms with Crippen molar-refractivity contribution in [3.05, 3.63) is 68.7 Å². The molecule has 1 atom stereocenters. The minimum absolute atomic E-state index is 0.366. The highest BCUT2D eigenvalue weighted by molar-refractivity contribution is 9.10. The Morgan fingerprint density at radius 1 is 1.20 bits per heavy atom. The van der Waals surface area contributed by atoms with Crippen LogP contribution in [0, 0.1) is 11.6 Å². The second-order valence-electron chi connectivity index (χ2n) is 4.34. The molecule has 0 radical (unpaired) electrons. The Kier molecular flexibility index (Phi) is 5.13. The molecule has 1 N–H and O–H groups in total. The average molecular weight is 361 g/mol. The Morgan fingerprint density at radius 3 is 2.45 bits per heavy atom. The molecule has 1 nitrogen and oxygen atoms in total. The molecule has 0 aliphatic carbocycles. The van der Waals surface area contributed by atoms with Crippen molar-refractivity contribution in [2.45, 2.75) is 13.0 Å². The molecular weight excluding hydrogens is 348 g/mol. The summed E-state index contributed by atoms with van der Waals surface area (Å²) in [4.78, 5) is 0. The Bertz CT molecular complexity index is 599. The van der Waals surface area contributed by atoms with Crippen LogP contribution in [0.25, 0.3) is 0 Å². The van der Waals surface area contributed by atoms with Gasteiger partial charge in [-0.1, -0.05) is 30.7 Å². The summed E-state index contributed by atoms with van der Waals surface area (Å²) in [5.41, 5.74) is 1.28. The zero-order valence-electron chi connectivity index (χ0n) is 10.8. The largest absolute Gasteiger partial charge is 0.306 e. The van der Waals surface area contributed by atoms with E-state index in [1.54, 1.807) is 0 Å². The van der Waals surface area contributed by atoms with Crippen LogP contribution in [-0.2, 0) is 0 Å². The van der Waals surface area contributed by atoms with Crippen LogP contribution in [-0.4, -0.2) is 6.54 Å². The van der Waals surface area contributed by atoms with Crippen molar-refractivity contribution in [3.63, 3.8) is 0 Å². The lowest BCUT2D eigenvalue weighted by molar-refractivity contribution is 0.565. The Morgan fingerprint density at radius 2 is 1.85 bits per heavy atom. The van der Waals surface area contributed by atoms with E-state index in [0.29, 0.717) is 17.1 Å². The van der Waals surface area contributed by atoms with Crippen LogP contribution in [0.2, 0.25) is 5.02 Å². The summed E-state index contributed by atoms with van der Waals surface area (Å²) < 4.78 is 27.6. The lowest BCUT2D eigenvalue weighted by Crippen LogP contribution is -2.22. The molecule has 20 heavy (non-hydrogen) atoms. The zero-order chi connectivity index (χ0) is 14.7. The second-order valence-corrected chi connectivity index (χ2v) is 5.57. The molecule has 0 heterocycles. The number of benzene rings is 2. The van der Waals surface area contributed by atoms with Gasteiger partial charge in [-0.25, -0.2) is 8.78 Å². The molecule has 0 saturated carbocycles. The fraction of sp³-hybridized carbons (Fsp3) is 0.200. The normalized spacial score (nSPS) is 12.4. The van der Waals surface area contributed by atoms with Crippen molar-refractivity contribution >= 4 is 27.5 Å². The van der Waals surface area contributed by atoms with E-state index >= 15 is 0 Å². The summed E-state index contributed by atoms with van der Waals surface area (Å²) in [5, 5.41) is 3.73. The summed E-state index contributed by atoms with van der Waals surface area (Å²) in [7, 11) is 0. The lowest BCUT2D eigenvalue weighted by atomic mass is 9.98. The van der Waals surface area contributed by atoms with Gasteiger partial charge in [0.1, 0.15) is 11.6 Å².